The van der Waals surface area contributed by atoms with Gasteiger partial charge in [-0.1, -0.05) is 12.1 Å². The van der Waals surface area contributed by atoms with Crippen molar-refractivity contribution >= 4 is 11.8 Å². The van der Waals surface area contributed by atoms with Gasteiger partial charge in [0.1, 0.15) is 0 Å². The molecule has 2 aromatic rings. The normalized spacial score (nSPS) is 21.5. The number of alkyl halides is 3. The van der Waals surface area contributed by atoms with Crippen LogP contribution in [-0.2, 0) is 11.0 Å². The largest absolute Gasteiger partial charge is 0.416 e. The molecule has 4 rings (SSSR count). The fraction of sp³-hybridized carbons (Fsp3) is 0.458. The van der Waals surface area contributed by atoms with Crippen molar-refractivity contribution in [2.75, 3.05) is 19.6 Å². The molecule has 0 unspecified atom stereocenters. The molecule has 0 spiro atoms. The predicted molar refractivity (Wildman–Crippen MR) is 119 cm³/mol. The van der Waals surface area contributed by atoms with Gasteiger partial charge in [0, 0.05) is 36.5 Å². The van der Waals surface area contributed by atoms with E-state index in [4.69, 9.17) is 0 Å². The number of hydrogen-bond acceptors (Lipinski definition) is 4. The Morgan fingerprint density at radius 2 is 1.74 bits per heavy atom. The predicted octanol–water partition coefficient (Wildman–Crippen LogP) is 2.65. The van der Waals surface area contributed by atoms with E-state index >= 15 is 0 Å². The third kappa shape index (κ3) is 5.85. The molecule has 1 aromatic heterocycles. The van der Waals surface area contributed by atoms with Gasteiger partial charge < -0.3 is 15.6 Å². The first kappa shape index (κ1) is 24.0. The van der Waals surface area contributed by atoms with E-state index in [1.165, 1.54) is 12.1 Å². The van der Waals surface area contributed by atoms with Crippen molar-refractivity contribution in [1.29, 1.82) is 0 Å². The molecule has 0 atom stereocenters. The smallest absolute Gasteiger partial charge is 0.349 e. The molecule has 0 radical (unpaired) electrons. The first-order chi connectivity index (χ1) is 16.2. The molecule has 34 heavy (non-hydrogen) atoms. The SMILES string of the molecule is O=C(CNC(=O)c1cccc(C(F)(F)F)c1)NC1CN(C2CCC(c3cccc(=O)[nH]3)CC2)C1. The average Bonchev–Trinajstić information content (AvgIpc) is 2.79. The van der Waals surface area contributed by atoms with E-state index in [9.17, 15) is 27.6 Å². The second-order valence-electron chi connectivity index (χ2n) is 8.96. The maximum absolute atomic E-state index is 12.8. The minimum Gasteiger partial charge on any atom is -0.349 e. The first-order valence-corrected chi connectivity index (χ1v) is 11.4. The first-order valence-electron chi connectivity index (χ1n) is 11.4. The Labute approximate surface area is 194 Å². The molecule has 7 nitrogen and oxygen atoms in total. The molecule has 1 saturated carbocycles. The fourth-order valence-electron chi connectivity index (χ4n) is 4.74. The summed E-state index contributed by atoms with van der Waals surface area (Å²) >= 11 is 0. The Bertz CT molecular complexity index is 1090. The number of likely N-dealkylation sites (tertiary alicyclic amines) is 1. The van der Waals surface area contributed by atoms with Crippen molar-refractivity contribution in [1.82, 2.24) is 20.5 Å². The Kier molecular flexibility index (Phi) is 7.06. The van der Waals surface area contributed by atoms with Crippen LogP contribution < -0.4 is 16.2 Å². The second kappa shape index (κ2) is 10.0. The molecular weight excluding hydrogens is 449 g/mol. The van der Waals surface area contributed by atoms with E-state index in [1.807, 2.05) is 6.07 Å². The van der Waals surface area contributed by atoms with Crippen LogP contribution in [0.3, 0.4) is 0 Å². The molecule has 1 aromatic carbocycles. The summed E-state index contributed by atoms with van der Waals surface area (Å²) < 4.78 is 38.4. The van der Waals surface area contributed by atoms with Gasteiger partial charge >= 0.3 is 6.18 Å². The van der Waals surface area contributed by atoms with Crippen LogP contribution in [0.25, 0.3) is 0 Å². The standard InChI is InChI=1S/C24H27F3N4O3/c25-24(26,27)17-4-1-3-16(11-17)23(34)28-12-22(33)29-18-13-31(14-18)19-9-7-15(8-10-19)20-5-2-6-21(32)30-20/h1-6,11,15,18-19H,7-10,12-14H2,(H,28,34)(H,29,33)(H,30,32). The highest BCUT2D eigenvalue weighted by Crippen LogP contribution is 2.35. The summed E-state index contributed by atoms with van der Waals surface area (Å²) in [5, 5.41) is 5.23. The lowest BCUT2D eigenvalue weighted by Crippen LogP contribution is -2.63. The number of benzene rings is 1. The zero-order valence-corrected chi connectivity index (χ0v) is 18.5. The maximum Gasteiger partial charge on any atom is 0.416 e. The lowest BCUT2D eigenvalue weighted by Gasteiger charge is -2.46. The van der Waals surface area contributed by atoms with Crippen LogP contribution in [-0.4, -0.2) is 53.4 Å². The van der Waals surface area contributed by atoms with Crippen LogP contribution in [0.15, 0.2) is 47.3 Å². The van der Waals surface area contributed by atoms with Crippen molar-refractivity contribution in [3.8, 4) is 0 Å². The summed E-state index contributed by atoms with van der Waals surface area (Å²) in [4.78, 5) is 41.1. The Morgan fingerprint density at radius 3 is 2.41 bits per heavy atom. The van der Waals surface area contributed by atoms with Crippen molar-refractivity contribution in [2.45, 2.75) is 49.9 Å². The van der Waals surface area contributed by atoms with Crippen LogP contribution in [0.2, 0.25) is 0 Å². The number of aromatic nitrogens is 1. The van der Waals surface area contributed by atoms with E-state index < -0.39 is 17.6 Å². The van der Waals surface area contributed by atoms with Crippen LogP contribution in [0, 0.1) is 0 Å². The lowest BCUT2D eigenvalue weighted by molar-refractivity contribution is -0.137. The molecule has 0 bridgehead atoms. The molecule has 2 fully saturated rings. The van der Waals surface area contributed by atoms with Gasteiger partial charge in [0.05, 0.1) is 18.2 Å². The molecular formula is C24H27F3N4O3. The highest BCUT2D eigenvalue weighted by molar-refractivity contribution is 5.96. The van der Waals surface area contributed by atoms with Gasteiger partial charge in [-0.2, -0.15) is 13.2 Å². The number of carbonyl (C=O) groups is 2. The Hall–Kier alpha value is -3.14. The quantitative estimate of drug-likeness (QED) is 0.598. The third-order valence-corrected chi connectivity index (χ3v) is 6.58. The highest BCUT2D eigenvalue weighted by atomic mass is 19.4. The number of halogens is 3. The van der Waals surface area contributed by atoms with E-state index in [0.29, 0.717) is 12.0 Å². The summed E-state index contributed by atoms with van der Waals surface area (Å²) in [7, 11) is 0. The molecule has 10 heteroatoms. The number of H-pyrrole nitrogens is 1. The number of hydrogen-bond donors (Lipinski definition) is 3. The van der Waals surface area contributed by atoms with Gasteiger partial charge in [-0.3, -0.25) is 19.3 Å². The summed E-state index contributed by atoms with van der Waals surface area (Å²) in [5.74, 6) is -0.739. The third-order valence-electron chi connectivity index (χ3n) is 6.58. The molecule has 1 aliphatic carbocycles. The minimum atomic E-state index is -4.54. The molecule has 1 aliphatic heterocycles. The average molecular weight is 476 g/mol. The Balaban J connectivity index is 1.16. The van der Waals surface area contributed by atoms with Crippen molar-refractivity contribution in [3.63, 3.8) is 0 Å². The van der Waals surface area contributed by atoms with Gasteiger partial charge in [-0.25, -0.2) is 0 Å². The van der Waals surface area contributed by atoms with Gasteiger partial charge in [0.2, 0.25) is 11.5 Å². The van der Waals surface area contributed by atoms with Crippen LogP contribution in [0.4, 0.5) is 13.2 Å². The van der Waals surface area contributed by atoms with Crippen LogP contribution >= 0.6 is 0 Å². The molecule has 1 saturated heterocycles. The number of nitrogens with zero attached hydrogens (tertiary/aromatic N) is 1. The number of nitrogens with one attached hydrogen (secondary N) is 3. The minimum absolute atomic E-state index is 0.0128. The van der Waals surface area contributed by atoms with E-state index in [1.54, 1.807) is 6.07 Å². The van der Waals surface area contributed by atoms with Crippen molar-refractivity contribution in [3.05, 3.63) is 69.6 Å². The second-order valence-corrected chi connectivity index (χ2v) is 8.96. The zero-order valence-electron chi connectivity index (χ0n) is 18.5. The van der Waals surface area contributed by atoms with Crippen molar-refractivity contribution in [2.24, 2.45) is 0 Å². The monoisotopic (exact) mass is 476 g/mol. The lowest BCUT2D eigenvalue weighted by atomic mass is 9.82. The molecule has 2 aliphatic rings. The topological polar surface area (TPSA) is 94.3 Å². The summed E-state index contributed by atoms with van der Waals surface area (Å²) in [6.45, 7) is 1.15. The van der Waals surface area contributed by atoms with Gasteiger partial charge in [-0.15, -0.1) is 0 Å². The van der Waals surface area contributed by atoms with Gasteiger partial charge in [0.25, 0.3) is 5.91 Å². The highest BCUT2D eigenvalue weighted by Gasteiger charge is 2.35. The molecule has 2 heterocycles. The fourth-order valence-corrected chi connectivity index (χ4v) is 4.74. The number of amides is 2. The number of rotatable bonds is 6. The Morgan fingerprint density at radius 1 is 1.03 bits per heavy atom. The van der Waals surface area contributed by atoms with E-state index in [2.05, 4.69) is 20.5 Å². The van der Waals surface area contributed by atoms with E-state index in [-0.39, 0.29) is 29.6 Å². The van der Waals surface area contributed by atoms with Crippen LogP contribution in [0.1, 0.15) is 53.2 Å². The maximum atomic E-state index is 12.8. The summed E-state index contributed by atoms with van der Waals surface area (Å²) in [6.07, 6.45) is -0.493. The number of pyridine rings is 1. The van der Waals surface area contributed by atoms with E-state index in [0.717, 1.165) is 62.7 Å². The van der Waals surface area contributed by atoms with Gasteiger partial charge in [0.15, 0.2) is 0 Å². The summed E-state index contributed by atoms with van der Waals surface area (Å²) in [5.41, 5.74) is -0.142. The molecule has 3 N–H and O–H groups in total. The molecule has 182 valence electrons. The number of aromatic amines is 1. The van der Waals surface area contributed by atoms with Gasteiger partial charge in [-0.05, 0) is 55.9 Å². The zero-order chi connectivity index (χ0) is 24.3. The van der Waals surface area contributed by atoms with Crippen molar-refractivity contribution < 1.29 is 22.8 Å². The summed E-state index contributed by atoms with van der Waals surface area (Å²) in [6, 6.07) is 9.78. The van der Waals surface area contributed by atoms with Crippen LogP contribution in [0.5, 0.6) is 0 Å². The molecule has 2 amide bonds. The number of carbonyl (C=O) groups excluding carboxylic acids is 2.